The van der Waals surface area contributed by atoms with Crippen LogP contribution in [0.15, 0.2) is 32.7 Å². The van der Waals surface area contributed by atoms with Gasteiger partial charge in [0.05, 0.1) is 8.95 Å². The number of aromatic hydroxyl groups is 2. The van der Waals surface area contributed by atoms with E-state index in [4.69, 9.17) is 0 Å². The van der Waals surface area contributed by atoms with E-state index in [1.54, 1.807) is 0 Å². The maximum atomic E-state index is 10.9. The summed E-state index contributed by atoms with van der Waals surface area (Å²) in [7, 11) is 0. The van der Waals surface area contributed by atoms with Crippen molar-refractivity contribution < 1.29 is 10.2 Å². The highest BCUT2D eigenvalue weighted by Gasteiger charge is 2.32. The normalized spacial score (nSPS) is 20.4. The van der Waals surface area contributed by atoms with Crippen molar-refractivity contribution >= 4 is 31.9 Å². The number of phenols is 2. The Morgan fingerprint density at radius 3 is 2.32 bits per heavy atom. The second-order valence-electron chi connectivity index (χ2n) is 7.20. The predicted molar refractivity (Wildman–Crippen MR) is 112 cm³/mol. The average molecular weight is 472 g/mol. The first-order valence-electron chi connectivity index (χ1n) is 9.03. The zero-order valence-electron chi connectivity index (χ0n) is 15.3. The molecule has 138 valence electrons. The van der Waals surface area contributed by atoms with Gasteiger partial charge in [-0.25, -0.2) is 0 Å². The van der Waals surface area contributed by atoms with Crippen molar-refractivity contribution in [2.24, 2.45) is 5.92 Å². The van der Waals surface area contributed by atoms with E-state index in [9.17, 15) is 10.2 Å². The molecule has 0 heterocycles. The van der Waals surface area contributed by atoms with E-state index in [2.05, 4.69) is 58.4 Å². The van der Waals surface area contributed by atoms with Gasteiger partial charge < -0.3 is 10.2 Å². The van der Waals surface area contributed by atoms with Gasteiger partial charge in [-0.2, -0.15) is 0 Å². The molecule has 0 amide bonds. The second kappa shape index (κ2) is 8.77. The summed E-state index contributed by atoms with van der Waals surface area (Å²) in [6, 6.07) is 0. The molecule has 1 aliphatic carbocycles. The van der Waals surface area contributed by atoms with Gasteiger partial charge in [-0.1, -0.05) is 43.6 Å². The zero-order chi connectivity index (χ0) is 18.7. The van der Waals surface area contributed by atoms with E-state index < -0.39 is 0 Å². The Hall–Kier alpha value is -0.740. The topological polar surface area (TPSA) is 40.5 Å². The molecule has 2 N–H and O–H groups in total. The zero-order valence-corrected chi connectivity index (χ0v) is 18.5. The molecule has 0 bridgehead atoms. The number of hydrogen-bond donors (Lipinski definition) is 2. The monoisotopic (exact) mass is 470 g/mol. The van der Waals surface area contributed by atoms with Crippen LogP contribution in [0.25, 0.3) is 0 Å². The summed E-state index contributed by atoms with van der Waals surface area (Å²) in [6.07, 6.45) is 8.32. The van der Waals surface area contributed by atoms with Crippen LogP contribution in [-0.2, 0) is 6.42 Å². The summed E-state index contributed by atoms with van der Waals surface area (Å²) in [5.41, 5.74) is 3.92. The first kappa shape index (κ1) is 20.6. The van der Waals surface area contributed by atoms with Gasteiger partial charge in [0.25, 0.3) is 0 Å². The molecule has 0 saturated carbocycles. The van der Waals surface area contributed by atoms with Gasteiger partial charge in [-0.05, 0) is 82.9 Å². The molecule has 2 atom stereocenters. The third-order valence-corrected chi connectivity index (χ3v) is 6.91. The molecule has 25 heavy (non-hydrogen) atoms. The minimum atomic E-state index is -0.0523. The predicted octanol–water partition coefficient (Wildman–Crippen LogP) is 7.37. The summed E-state index contributed by atoms with van der Waals surface area (Å²) in [5.74, 6) is 0.498. The smallest absolute Gasteiger partial charge is 0.137 e. The van der Waals surface area contributed by atoms with Crippen molar-refractivity contribution in [1.82, 2.24) is 0 Å². The van der Waals surface area contributed by atoms with E-state index in [0.29, 0.717) is 14.5 Å². The molecule has 0 radical (unpaired) electrons. The largest absolute Gasteiger partial charge is 0.506 e. The lowest BCUT2D eigenvalue weighted by molar-refractivity contribution is 0.402. The van der Waals surface area contributed by atoms with Gasteiger partial charge in [-0.3, -0.25) is 0 Å². The van der Waals surface area contributed by atoms with Crippen molar-refractivity contribution in [2.75, 3.05) is 0 Å². The number of hydrogen-bond acceptors (Lipinski definition) is 2. The molecule has 0 aliphatic heterocycles. The highest BCUT2D eigenvalue weighted by atomic mass is 79.9. The van der Waals surface area contributed by atoms with Crippen LogP contribution < -0.4 is 0 Å². The number of unbranched alkanes of at least 4 members (excludes halogenated alkanes) is 2. The molecule has 2 unspecified atom stereocenters. The fourth-order valence-corrected chi connectivity index (χ4v) is 5.21. The molecule has 0 fully saturated rings. The molecule has 2 nitrogen and oxygen atoms in total. The Labute approximate surface area is 168 Å². The maximum Gasteiger partial charge on any atom is 0.137 e. The Kier molecular flexibility index (Phi) is 7.21. The molecular formula is C21H28Br2O2. The minimum Gasteiger partial charge on any atom is -0.506 e. The van der Waals surface area contributed by atoms with Gasteiger partial charge in [0.1, 0.15) is 11.5 Å². The lowest BCUT2D eigenvalue weighted by Gasteiger charge is -2.32. The third kappa shape index (κ3) is 4.33. The number of halogens is 2. The molecule has 0 saturated heterocycles. The molecular weight excluding hydrogens is 444 g/mol. The summed E-state index contributed by atoms with van der Waals surface area (Å²) in [6.45, 7) is 10.4. The molecule has 1 aromatic rings. The molecule has 4 heteroatoms. The van der Waals surface area contributed by atoms with Gasteiger partial charge >= 0.3 is 0 Å². The van der Waals surface area contributed by atoms with E-state index in [0.717, 1.165) is 49.7 Å². The van der Waals surface area contributed by atoms with Crippen LogP contribution in [-0.4, -0.2) is 10.2 Å². The number of rotatable bonds is 6. The van der Waals surface area contributed by atoms with Crippen LogP contribution >= 0.6 is 31.9 Å². The molecule has 0 spiro atoms. The lowest BCUT2D eigenvalue weighted by Crippen LogP contribution is -2.17. The molecule has 2 rings (SSSR count). The number of phenolic OH excluding ortho intramolecular Hbond substituents is 2. The summed E-state index contributed by atoms with van der Waals surface area (Å²) >= 11 is 7.15. The van der Waals surface area contributed by atoms with E-state index in [-0.39, 0.29) is 23.3 Å². The summed E-state index contributed by atoms with van der Waals surface area (Å²) in [4.78, 5) is 0. The minimum absolute atomic E-state index is 0.0523. The highest BCUT2D eigenvalue weighted by molar-refractivity contribution is 9.11. The first-order valence-corrected chi connectivity index (χ1v) is 10.6. The Bertz CT molecular complexity index is 663. The van der Waals surface area contributed by atoms with Gasteiger partial charge in [0.15, 0.2) is 0 Å². The Morgan fingerprint density at radius 2 is 1.80 bits per heavy atom. The third-order valence-electron chi connectivity index (χ3n) is 5.20. The molecule has 1 aromatic carbocycles. The SMILES string of the molecule is C=C(C)C1CCC(C)=CC1c1c(O)c(Br)c(CCCCC)c(Br)c1O. The van der Waals surface area contributed by atoms with Crippen molar-refractivity contribution in [3.63, 3.8) is 0 Å². The van der Waals surface area contributed by atoms with Crippen LogP contribution in [0.5, 0.6) is 11.5 Å². The Balaban J connectivity index is 2.54. The van der Waals surface area contributed by atoms with Crippen molar-refractivity contribution in [1.29, 1.82) is 0 Å². The standard InChI is InChI=1S/C21H28Br2O2/c1-5-6-7-8-15-18(22)20(24)17(21(25)19(15)23)16-11-13(4)9-10-14(16)12(2)3/h11,14,16,24-25H,2,5-10H2,1,3-4H3. The summed E-state index contributed by atoms with van der Waals surface area (Å²) in [5, 5.41) is 21.8. The van der Waals surface area contributed by atoms with Gasteiger partial charge in [-0.15, -0.1) is 0 Å². The van der Waals surface area contributed by atoms with E-state index >= 15 is 0 Å². The second-order valence-corrected chi connectivity index (χ2v) is 8.79. The number of allylic oxidation sites excluding steroid dienone is 3. The molecule has 0 aromatic heterocycles. The van der Waals surface area contributed by atoms with Crippen LogP contribution in [0.1, 0.15) is 69.9 Å². The van der Waals surface area contributed by atoms with Crippen LogP contribution in [0.4, 0.5) is 0 Å². The molecule has 1 aliphatic rings. The maximum absolute atomic E-state index is 10.9. The summed E-state index contributed by atoms with van der Waals surface area (Å²) < 4.78 is 1.39. The van der Waals surface area contributed by atoms with Crippen molar-refractivity contribution in [3.8, 4) is 11.5 Å². The quantitative estimate of drug-likeness (QED) is 0.335. The Morgan fingerprint density at radius 1 is 1.20 bits per heavy atom. The van der Waals surface area contributed by atoms with E-state index in [1.165, 1.54) is 5.57 Å². The van der Waals surface area contributed by atoms with Crippen LogP contribution in [0.2, 0.25) is 0 Å². The first-order chi connectivity index (χ1) is 11.8. The fraction of sp³-hybridized carbons (Fsp3) is 0.524. The highest BCUT2D eigenvalue weighted by Crippen LogP contribution is 2.52. The van der Waals surface area contributed by atoms with Crippen LogP contribution in [0, 0.1) is 5.92 Å². The van der Waals surface area contributed by atoms with Gasteiger partial charge in [0.2, 0.25) is 0 Å². The lowest BCUT2D eigenvalue weighted by atomic mass is 9.73. The average Bonchev–Trinajstić information content (AvgIpc) is 2.56. The number of benzene rings is 1. The van der Waals surface area contributed by atoms with Crippen LogP contribution in [0.3, 0.4) is 0 Å². The van der Waals surface area contributed by atoms with Crippen molar-refractivity contribution in [3.05, 3.63) is 43.9 Å². The van der Waals surface area contributed by atoms with Crippen molar-refractivity contribution in [2.45, 2.75) is 65.2 Å². The van der Waals surface area contributed by atoms with Gasteiger partial charge in [0, 0.05) is 11.5 Å². The fourth-order valence-electron chi connectivity index (χ4n) is 3.72. The van der Waals surface area contributed by atoms with E-state index in [1.807, 2.05) is 6.92 Å².